The van der Waals surface area contributed by atoms with Crippen LogP contribution in [-0.2, 0) is 15.9 Å². The summed E-state index contributed by atoms with van der Waals surface area (Å²) >= 11 is 0. The van der Waals surface area contributed by atoms with Crippen molar-refractivity contribution in [1.82, 2.24) is 10.3 Å². The van der Waals surface area contributed by atoms with E-state index in [0.717, 1.165) is 26.0 Å². The van der Waals surface area contributed by atoms with Crippen LogP contribution in [0.4, 0.5) is 0 Å². The molecule has 17 heavy (non-hydrogen) atoms. The molecule has 0 amide bonds. The van der Waals surface area contributed by atoms with Crippen molar-refractivity contribution in [3.05, 3.63) is 29.6 Å². The SMILES string of the molecule is c1cnc2c(c1)CCC2NCC1COCCO1. The van der Waals surface area contributed by atoms with E-state index in [1.165, 1.54) is 11.3 Å². The highest BCUT2D eigenvalue weighted by Crippen LogP contribution is 2.28. The predicted molar refractivity (Wildman–Crippen MR) is 63.9 cm³/mol. The third kappa shape index (κ3) is 2.49. The molecule has 2 aliphatic rings. The van der Waals surface area contributed by atoms with Crippen LogP contribution in [0.25, 0.3) is 0 Å². The van der Waals surface area contributed by atoms with Crippen molar-refractivity contribution in [2.24, 2.45) is 0 Å². The van der Waals surface area contributed by atoms with Crippen LogP contribution in [0.3, 0.4) is 0 Å². The van der Waals surface area contributed by atoms with Gasteiger partial charge in [-0.3, -0.25) is 4.98 Å². The van der Waals surface area contributed by atoms with E-state index < -0.39 is 0 Å². The van der Waals surface area contributed by atoms with Crippen LogP contribution in [0.5, 0.6) is 0 Å². The van der Waals surface area contributed by atoms with Crippen LogP contribution in [0, 0.1) is 0 Å². The summed E-state index contributed by atoms with van der Waals surface area (Å²) in [7, 11) is 0. The van der Waals surface area contributed by atoms with E-state index in [1.807, 2.05) is 12.3 Å². The van der Waals surface area contributed by atoms with Crippen molar-refractivity contribution in [2.75, 3.05) is 26.4 Å². The monoisotopic (exact) mass is 234 g/mol. The molecule has 92 valence electrons. The Kier molecular flexibility index (Phi) is 3.36. The maximum atomic E-state index is 5.62. The van der Waals surface area contributed by atoms with Gasteiger partial charge in [0, 0.05) is 12.7 Å². The Labute approximate surface area is 101 Å². The van der Waals surface area contributed by atoms with E-state index >= 15 is 0 Å². The average molecular weight is 234 g/mol. The van der Waals surface area contributed by atoms with Gasteiger partial charge in [0.25, 0.3) is 0 Å². The summed E-state index contributed by atoms with van der Waals surface area (Å²) in [6, 6.07) is 4.57. The topological polar surface area (TPSA) is 43.4 Å². The van der Waals surface area contributed by atoms with Crippen LogP contribution in [0.1, 0.15) is 23.7 Å². The fraction of sp³-hybridized carbons (Fsp3) is 0.615. The van der Waals surface area contributed by atoms with Crippen molar-refractivity contribution in [3.63, 3.8) is 0 Å². The summed E-state index contributed by atoms with van der Waals surface area (Å²) in [6.07, 6.45) is 4.33. The second-order valence-electron chi connectivity index (χ2n) is 4.61. The Bertz CT molecular complexity index is 377. The van der Waals surface area contributed by atoms with Crippen molar-refractivity contribution in [1.29, 1.82) is 0 Å². The number of pyridine rings is 1. The molecule has 1 aliphatic carbocycles. The molecular formula is C13H18N2O2. The van der Waals surface area contributed by atoms with Crippen molar-refractivity contribution in [3.8, 4) is 0 Å². The maximum absolute atomic E-state index is 5.62. The lowest BCUT2D eigenvalue weighted by Crippen LogP contribution is -2.38. The number of nitrogens with one attached hydrogen (secondary N) is 1. The molecule has 1 aromatic heterocycles. The van der Waals surface area contributed by atoms with E-state index in [9.17, 15) is 0 Å². The molecule has 1 saturated heterocycles. The van der Waals surface area contributed by atoms with Gasteiger partial charge in [0.05, 0.1) is 37.7 Å². The zero-order chi connectivity index (χ0) is 11.5. The zero-order valence-electron chi connectivity index (χ0n) is 9.89. The number of aromatic nitrogens is 1. The summed E-state index contributed by atoms with van der Waals surface area (Å²) in [5.41, 5.74) is 2.59. The van der Waals surface area contributed by atoms with Gasteiger partial charge in [-0.25, -0.2) is 0 Å². The molecule has 4 heteroatoms. The number of aryl methyl sites for hydroxylation is 1. The minimum atomic E-state index is 0.191. The fourth-order valence-corrected chi connectivity index (χ4v) is 2.54. The molecule has 0 spiro atoms. The van der Waals surface area contributed by atoms with Gasteiger partial charge in [-0.05, 0) is 24.5 Å². The first-order valence-corrected chi connectivity index (χ1v) is 6.30. The van der Waals surface area contributed by atoms with Crippen molar-refractivity contribution in [2.45, 2.75) is 25.0 Å². The Morgan fingerprint density at radius 2 is 2.41 bits per heavy atom. The molecule has 0 aromatic carbocycles. The lowest BCUT2D eigenvalue weighted by Gasteiger charge is -2.24. The zero-order valence-corrected chi connectivity index (χ0v) is 9.89. The van der Waals surface area contributed by atoms with E-state index in [2.05, 4.69) is 16.4 Å². The molecule has 4 nitrogen and oxygen atoms in total. The van der Waals surface area contributed by atoms with Gasteiger partial charge in [0.1, 0.15) is 0 Å². The molecule has 1 fully saturated rings. The number of ether oxygens (including phenoxy) is 2. The molecular weight excluding hydrogens is 216 g/mol. The molecule has 2 heterocycles. The second kappa shape index (κ2) is 5.12. The van der Waals surface area contributed by atoms with E-state index in [1.54, 1.807) is 0 Å². The first-order valence-electron chi connectivity index (χ1n) is 6.30. The van der Waals surface area contributed by atoms with E-state index in [-0.39, 0.29) is 6.10 Å². The molecule has 2 unspecified atom stereocenters. The summed E-state index contributed by atoms with van der Waals surface area (Å²) in [5, 5.41) is 3.54. The molecule has 3 rings (SSSR count). The molecule has 1 N–H and O–H groups in total. The quantitative estimate of drug-likeness (QED) is 0.849. The highest BCUT2D eigenvalue weighted by molar-refractivity contribution is 5.27. The Morgan fingerprint density at radius 3 is 3.29 bits per heavy atom. The van der Waals surface area contributed by atoms with Crippen LogP contribution in [-0.4, -0.2) is 37.5 Å². The first kappa shape index (κ1) is 11.1. The van der Waals surface area contributed by atoms with Crippen LogP contribution in [0.15, 0.2) is 18.3 Å². The van der Waals surface area contributed by atoms with Crippen LogP contribution >= 0.6 is 0 Å². The van der Waals surface area contributed by atoms with Gasteiger partial charge < -0.3 is 14.8 Å². The highest BCUT2D eigenvalue weighted by Gasteiger charge is 2.24. The third-order valence-electron chi connectivity index (χ3n) is 3.44. The summed E-state index contributed by atoms with van der Waals surface area (Å²) in [5.74, 6) is 0. The summed E-state index contributed by atoms with van der Waals surface area (Å²) < 4.78 is 11.0. The number of fused-ring (bicyclic) bond motifs is 1. The molecule has 2 atom stereocenters. The number of hydrogen-bond acceptors (Lipinski definition) is 4. The lowest BCUT2D eigenvalue weighted by atomic mass is 10.2. The number of hydrogen-bond donors (Lipinski definition) is 1. The minimum Gasteiger partial charge on any atom is -0.376 e. The smallest absolute Gasteiger partial charge is 0.0933 e. The van der Waals surface area contributed by atoms with Crippen LogP contribution in [0.2, 0.25) is 0 Å². The second-order valence-corrected chi connectivity index (χ2v) is 4.61. The lowest BCUT2D eigenvalue weighted by molar-refractivity contribution is -0.0871. The third-order valence-corrected chi connectivity index (χ3v) is 3.44. The van der Waals surface area contributed by atoms with Crippen LogP contribution < -0.4 is 5.32 Å². The first-order chi connectivity index (χ1) is 8.43. The number of rotatable bonds is 3. The Hall–Kier alpha value is -0.970. The summed E-state index contributed by atoms with van der Waals surface area (Å²) in [6.45, 7) is 2.99. The standard InChI is InChI=1S/C13H18N2O2/c1-2-10-3-4-12(13(10)14-5-1)15-8-11-9-16-6-7-17-11/h1-2,5,11-12,15H,3-4,6-9H2. The Balaban J connectivity index is 1.56. The van der Waals surface area contributed by atoms with E-state index in [0.29, 0.717) is 19.3 Å². The van der Waals surface area contributed by atoms with E-state index in [4.69, 9.17) is 9.47 Å². The minimum absolute atomic E-state index is 0.191. The maximum Gasteiger partial charge on any atom is 0.0933 e. The molecule has 1 aliphatic heterocycles. The fourth-order valence-electron chi connectivity index (χ4n) is 2.54. The number of nitrogens with zero attached hydrogens (tertiary/aromatic N) is 1. The normalized spacial score (nSPS) is 28.0. The predicted octanol–water partition coefficient (Wildman–Crippen LogP) is 1.07. The molecule has 0 saturated carbocycles. The van der Waals surface area contributed by atoms with Crippen molar-refractivity contribution < 1.29 is 9.47 Å². The van der Waals surface area contributed by atoms with Gasteiger partial charge >= 0.3 is 0 Å². The molecule has 0 radical (unpaired) electrons. The largest absolute Gasteiger partial charge is 0.376 e. The summed E-state index contributed by atoms with van der Waals surface area (Å²) in [4.78, 5) is 4.47. The van der Waals surface area contributed by atoms with Crippen molar-refractivity contribution >= 4 is 0 Å². The van der Waals surface area contributed by atoms with Gasteiger partial charge in [-0.15, -0.1) is 0 Å². The average Bonchev–Trinajstić information content (AvgIpc) is 2.81. The Morgan fingerprint density at radius 1 is 1.41 bits per heavy atom. The van der Waals surface area contributed by atoms with Gasteiger partial charge in [-0.1, -0.05) is 6.07 Å². The van der Waals surface area contributed by atoms with Gasteiger partial charge in [0.2, 0.25) is 0 Å². The highest BCUT2D eigenvalue weighted by atomic mass is 16.6. The van der Waals surface area contributed by atoms with Gasteiger partial charge in [0.15, 0.2) is 0 Å². The molecule has 1 aromatic rings. The van der Waals surface area contributed by atoms with Gasteiger partial charge in [-0.2, -0.15) is 0 Å². The molecule has 0 bridgehead atoms.